The number of fused-ring (bicyclic) bond motifs is 1. The second kappa shape index (κ2) is 7.09. The molecule has 0 saturated carbocycles. The van der Waals surface area contributed by atoms with Gasteiger partial charge in [0.05, 0.1) is 6.10 Å². The Morgan fingerprint density at radius 3 is 2.71 bits per heavy atom. The molecule has 1 atom stereocenters. The molecule has 0 aromatic carbocycles. The lowest BCUT2D eigenvalue weighted by molar-refractivity contribution is 0.0384. The van der Waals surface area contributed by atoms with Gasteiger partial charge in [-0.25, -0.2) is 0 Å². The lowest BCUT2D eigenvalue weighted by Gasteiger charge is -2.34. The van der Waals surface area contributed by atoms with E-state index < -0.39 is 0 Å². The number of aliphatic hydroxyl groups excluding tert-OH is 1. The number of nitrogens with one attached hydrogen (secondary N) is 1. The van der Waals surface area contributed by atoms with E-state index in [1.807, 2.05) is 0 Å². The van der Waals surface area contributed by atoms with Gasteiger partial charge in [-0.3, -0.25) is 9.59 Å². The second-order valence-electron chi connectivity index (χ2n) is 7.70. The molecule has 1 aromatic heterocycles. The van der Waals surface area contributed by atoms with Crippen molar-refractivity contribution in [3.63, 3.8) is 0 Å². The zero-order chi connectivity index (χ0) is 17.3. The number of nitrogens with zero attached hydrogens (tertiary/aromatic N) is 1. The fourth-order valence-corrected chi connectivity index (χ4v) is 4.01. The normalized spacial score (nSPS) is 19.6. The lowest BCUT2D eigenvalue weighted by Crippen LogP contribution is -2.43. The number of carbonyl (C=O) groups is 1. The molecular weight excluding hydrogens is 304 g/mol. The Morgan fingerprint density at radius 2 is 2.04 bits per heavy atom. The number of hydrogen-bond acceptors (Lipinski definition) is 3. The highest BCUT2D eigenvalue weighted by atomic mass is 16.3. The van der Waals surface area contributed by atoms with Gasteiger partial charge in [0.2, 0.25) is 0 Å². The molecule has 1 aromatic rings. The summed E-state index contributed by atoms with van der Waals surface area (Å²) in [4.78, 5) is 29.6. The van der Waals surface area contributed by atoms with Crippen LogP contribution in [0, 0.1) is 11.8 Å². The van der Waals surface area contributed by atoms with Crippen molar-refractivity contribution < 1.29 is 9.90 Å². The molecule has 5 nitrogen and oxygen atoms in total. The molecule has 5 heteroatoms. The van der Waals surface area contributed by atoms with Crippen LogP contribution in [0.3, 0.4) is 0 Å². The van der Waals surface area contributed by atoms with Gasteiger partial charge in [0.25, 0.3) is 11.5 Å². The molecule has 1 unspecified atom stereocenters. The van der Waals surface area contributed by atoms with E-state index in [-0.39, 0.29) is 29.1 Å². The van der Waals surface area contributed by atoms with Crippen molar-refractivity contribution >= 4 is 5.91 Å². The van der Waals surface area contributed by atoms with Gasteiger partial charge < -0.3 is 15.0 Å². The quantitative estimate of drug-likeness (QED) is 0.887. The molecule has 1 aliphatic carbocycles. The third kappa shape index (κ3) is 3.56. The van der Waals surface area contributed by atoms with E-state index in [0.29, 0.717) is 19.0 Å². The van der Waals surface area contributed by atoms with Gasteiger partial charge in [-0.2, -0.15) is 0 Å². The van der Waals surface area contributed by atoms with Crippen molar-refractivity contribution in [3.8, 4) is 0 Å². The number of aliphatic hydroxyl groups is 1. The topological polar surface area (TPSA) is 73.4 Å². The number of aromatic nitrogens is 1. The van der Waals surface area contributed by atoms with E-state index in [1.54, 1.807) is 11.0 Å². The van der Waals surface area contributed by atoms with E-state index in [1.165, 1.54) is 0 Å². The summed E-state index contributed by atoms with van der Waals surface area (Å²) < 4.78 is 0. The van der Waals surface area contributed by atoms with Crippen molar-refractivity contribution in [2.75, 3.05) is 13.1 Å². The predicted molar refractivity (Wildman–Crippen MR) is 93.2 cm³/mol. The van der Waals surface area contributed by atoms with Crippen LogP contribution in [0.15, 0.2) is 10.9 Å². The maximum atomic E-state index is 12.7. The summed E-state index contributed by atoms with van der Waals surface area (Å²) in [5, 5.41) is 10.3. The SMILES string of the molecule is CC(C)CC(O)C1CCN(C(=O)c2cc3c([nH]c2=O)CCC3)CC1. The third-order valence-electron chi connectivity index (χ3n) is 5.40. The average molecular weight is 332 g/mol. The molecule has 0 bridgehead atoms. The van der Waals surface area contributed by atoms with Crippen LogP contribution in [0.2, 0.25) is 0 Å². The zero-order valence-corrected chi connectivity index (χ0v) is 14.7. The lowest BCUT2D eigenvalue weighted by atomic mass is 9.87. The first-order valence-electron chi connectivity index (χ1n) is 9.18. The van der Waals surface area contributed by atoms with Crippen molar-refractivity contribution in [1.29, 1.82) is 0 Å². The minimum atomic E-state index is -0.286. The van der Waals surface area contributed by atoms with Crippen LogP contribution in [0.1, 0.15) is 61.1 Å². The van der Waals surface area contributed by atoms with Crippen LogP contribution in [-0.2, 0) is 12.8 Å². The monoisotopic (exact) mass is 332 g/mol. The van der Waals surface area contributed by atoms with Crippen LogP contribution < -0.4 is 5.56 Å². The van der Waals surface area contributed by atoms with Gasteiger partial charge in [-0.1, -0.05) is 13.8 Å². The number of aromatic amines is 1. The number of hydrogen-bond donors (Lipinski definition) is 2. The highest BCUT2D eigenvalue weighted by Gasteiger charge is 2.29. The van der Waals surface area contributed by atoms with E-state index in [2.05, 4.69) is 18.8 Å². The minimum Gasteiger partial charge on any atom is -0.393 e. The van der Waals surface area contributed by atoms with E-state index in [9.17, 15) is 14.7 Å². The summed E-state index contributed by atoms with van der Waals surface area (Å²) >= 11 is 0. The van der Waals surface area contributed by atoms with Crippen LogP contribution in [0.4, 0.5) is 0 Å². The number of rotatable bonds is 4. The largest absolute Gasteiger partial charge is 0.393 e. The van der Waals surface area contributed by atoms with Crippen LogP contribution in [-0.4, -0.2) is 40.1 Å². The molecule has 132 valence electrons. The molecule has 2 aliphatic rings. The van der Waals surface area contributed by atoms with Gasteiger partial charge in [0, 0.05) is 18.8 Å². The fourth-order valence-electron chi connectivity index (χ4n) is 4.01. The molecule has 24 heavy (non-hydrogen) atoms. The maximum absolute atomic E-state index is 12.7. The van der Waals surface area contributed by atoms with Gasteiger partial charge in [0.15, 0.2) is 0 Å². The molecule has 2 N–H and O–H groups in total. The van der Waals surface area contributed by atoms with Crippen LogP contribution >= 0.6 is 0 Å². The number of piperidine rings is 1. The second-order valence-corrected chi connectivity index (χ2v) is 7.70. The number of amides is 1. The zero-order valence-electron chi connectivity index (χ0n) is 14.7. The Labute approximate surface area is 143 Å². The summed E-state index contributed by atoms with van der Waals surface area (Å²) in [7, 11) is 0. The predicted octanol–water partition coefficient (Wildman–Crippen LogP) is 2.12. The molecule has 2 heterocycles. The number of pyridine rings is 1. The average Bonchev–Trinajstić information content (AvgIpc) is 3.00. The molecule has 0 spiro atoms. The fraction of sp³-hybridized carbons (Fsp3) is 0.684. The first-order chi connectivity index (χ1) is 11.5. The van der Waals surface area contributed by atoms with Crippen molar-refractivity contribution in [2.45, 2.75) is 58.5 Å². The van der Waals surface area contributed by atoms with E-state index in [0.717, 1.165) is 49.8 Å². The Kier molecular flexibility index (Phi) is 5.09. The molecule has 1 aliphatic heterocycles. The highest BCUT2D eigenvalue weighted by Crippen LogP contribution is 2.25. The molecule has 1 amide bonds. The summed E-state index contributed by atoms with van der Waals surface area (Å²) in [5.41, 5.74) is 2.12. The third-order valence-corrected chi connectivity index (χ3v) is 5.40. The van der Waals surface area contributed by atoms with Gasteiger partial charge in [-0.05, 0) is 62.0 Å². The minimum absolute atomic E-state index is 0.164. The van der Waals surface area contributed by atoms with Gasteiger partial charge in [-0.15, -0.1) is 0 Å². The van der Waals surface area contributed by atoms with Gasteiger partial charge >= 0.3 is 0 Å². The summed E-state index contributed by atoms with van der Waals surface area (Å²) in [6.07, 6.45) is 5.02. The van der Waals surface area contributed by atoms with Gasteiger partial charge in [0.1, 0.15) is 5.56 Å². The number of likely N-dealkylation sites (tertiary alicyclic amines) is 1. The van der Waals surface area contributed by atoms with E-state index >= 15 is 0 Å². The first kappa shape index (κ1) is 17.2. The Balaban J connectivity index is 1.65. The van der Waals surface area contributed by atoms with Crippen molar-refractivity contribution in [2.24, 2.45) is 11.8 Å². The molecule has 3 rings (SSSR count). The molecule has 1 saturated heterocycles. The molecule has 1 fully saturated rings. The number of H-pyrrole nitrogens is 1. The number of carbonyl (C=O) groups excluding carboxylic acids is 1. The summed E-state index contributed by atoms with van der Waals surface area (Å²) in [6, 6.07) is 1.79. The Hall–Kier alpha value is -1.62. The standard InChI is InChI=1S/C19H28N2O3/c1-12(2)10-17(22)13-6-8-21(9-7-13)19(24)15-11-14-4-3-5-16(14)20-18(15)23/h11-13,17,22H,3-10H2,1-2H3,(H,20,23). The van der Waals surface area contributed by atoms with Crippen LogP contribution in [0.5, 0.6) is 0 Å². The van der Waals surface area contributed by atoms with Crippen LogP contribution in [0.25, 0.3) is 0 Å². The summed E-state index contributed by atoms with van der Waals surface area (Å²) in [5.74, 6) is 0.571. The number of aryl methyl sites for hydroxylation is 2. The first-order valence-corrected chi connectivity index (χ1v) is 9.18. The smallest absolute Gasteiger partial charge is 0.261 e. The Morgan fingerprint density at radius 1 is 1.33 bits per heavy atom. The molecule has 0 radical (unpaired) electrons. The summed E-state index contributed by atoms with van der Waals surface area (Å²) in [6.45, 7) is 5.47. The maximum Gasteiger partial charge on any atom is 0.261 e. The Bertz CT molecular complexity index is 657. The van der Waals surface area contributed by atoms with Crippen molar-refractivity contribution in [1.82, 2.24) is 9.88 Å². The van der Waals surface area contributed by atoms with E-state index in [4.69, 9.17) is 0 Å². The van der Waals surface area contributed by atoms with Crippen molar-refractivity contribution in [3.05, 3.63) is 33.2 Å². The molecular formula is C19H28N2O3. The highest BCUT2D eigenvalue weighted by molar-refractivity contribution is 5.94.